The van der Waals surface area contributed by atoms with Gasteiger partial charge in [0.15, 0.2) is 0 Å². The first kappa shape index (κ1) is 12.6. The second-order valence-electron chi connectivity index (χ2n) is 4.57. The van der Waals surface area contributed by atoms with E-state index in [2.05, 4.69) is 15.9 Å². The summed E-state index contributed by atoms with van der Waals surface area (Å²) in [6.45, 7) is 1.72. The van der Waals surface area contributed by atoms with Gasteiger partial charge in [-0.2, -0.15) is 0 Å². The lowest BCUT2D eigenvalue weighted by atomic mass is 9.98. The number of nitrogens with zero attached hydrogens (tertiary/aromatic N) is 2. The largest absolute Gasteiger partial charge is 0.396 e. The van der Waals surface area contributed by atoms with Crippen LogP contribution in [0.5, 0.6) is 0 Å². The Bertz CT molecular complexity index is 409. The number of carbonyl (C=O) groups is 1. The van der Waals surface area contributed by atoms with Gasteiger partial charge in [0.25, 0.3) is 5.91 Å². The Hall–Kier alpha value is -0.810. The SMILES string of the molecule is Cn1cc(Br)cc1C(=O)N1CCC(CO)CC1. The molecule has 0 spiro atoms. The van der Waals surface area contributed by atoms with Crippen LogP contribution in [0.15, 0.2) is 16.7 Å². The van der Waals surface area contributed by atoms with E-state index < -0.39 is 0 Å². The molecule has 5 heteroatoms. The summed E-state index contributed by atoms with van der Waals surface area (Å²) in [6, 6.07) is 1.85. The number of amides is 1. The molecule has 1 aliphatic heterocycles. The second-order valence-corrected chi connectivity index (χ2v) is 5.49. The number of likely N-dealkylation sites (tertiary alicyclic amines) is 1. The van der Waals surface area contributed by atoms with Gasteiger partial charge in [-0.3, -0.25) is 4.79 Å². The summed E-state index contributed by atoms with van der Waals surface area (Å²) in [5.74, 6) is 0.439. The van der Waals surface area contributed by atoms with E-state index in [0.717, 1.165) is 30.4 Å². The van der Waals surface area contributed by atoms with Gasteiger partial charge in [0, 0.05) is 37.4 Å². The van der Waals surface area contributed by atoms with Crippen molar-refractivity contribution in [2.45, 2.75) is 12.8 Å². The number of carbonyl (C=O) groups excluding carboxylic acids is 1. The molecule has 2 rings (SSSR count). The summed E-state index contributed by atoms with van der Waals surface area (Å²) in [5.41, 5.74) is 0.708. The highest BCUT2D eigenvalue weighted by molar-refractivity contribution is 9.10. The van der Waals surface area contributed by atoms with Crippen molar-refractivity contribution >= 4 is 21.8 Å². The minimum absolute atomic E-state index is 0.0783. The third-order valence-corrected chi connectivity index (χ3v) is 3.78. The van der Waals surface area contributed by atoms with Crippen molar-refractivity contribution in [3.05, 3.63) is 22.4 Å². The topological polar surface area (TPSA) is 45.5 Å². The van der Waals surface area contributed by atoms with Crippen LogP contribution in [0.1, 0.15) is 23.3 Å². The molecule has 0 aromatic carbocycles. The summed E-state index contributed by atoms with van der Waals surface area (Å²) in [4.78, 5) is 14.1. The van der Waals surface area contributed by atoms with Crippen LogP contribution in [0.25, 0.3) is 0 Å². The summed E-state index contributed by atoms with van der Waals surface area (Å²) in [5, 5.41) is 9.07. The average Bonchev–Trinajstić information content (AvgIpc) is 2.68. The zero-order valence-electron chi connectivity index (χ0n) is 9.90. The third kappa shape index (κ3) is 2.72. The van der Waals surface area contributed by atoms with Gasteiger partial charge in [-0.1, -0.05) is 0 Å². The molecule has 2 heterocycles. The molecule has 0 aliphatic carbocycles. The van der Waals surface area contributed by atoms with Gasteiger partial charge in [-0.15, -0.1) is 0 Å². The standard InChI is InChI=1S/C12H17BrN2O2/c1-14-7-10(13)6-11(14)12(17)15-4-2-9(8-16)3-5-15/h6-7,9,16H,2-5,8H2,1H3. The fourth-order valence-corrected chi connectivity index (χ4v) is 2.74. The minimum Gasteiger partial charge on any atom is -0.396 e. The molecule has 0 atom stereocenters. The highest BCUT2D eigenvalue weighted by Crippen LogP contribution is 2.20. The number of aliphatic hydroxyl groups excluding tert-OH is 1. The molecule has 1 aromatic rings. The van der Waals surface area contributed by atoms with Crippen molar-refractivity contribution in [3.63, 3.8) is 0 Å². The number of halogens is 1. The Morgan fingerprint density at radius 1 is 1.53 bits per heavy atom. The number of hydrogen-bond acceptors (Lipinski definition) is 2. The van der Waals surface area contributed by atoms with Gasteiger partial charge in [-0.25, -0.2) is 0 Å². The molecule has 4 nitrogen and oxygen atoms in total. The Morgan fingerprint density at radius 2 is 2.18 bits per heavy atom. The van der Waals surface area contributed by atoms with Crippen LogP contribution in [0.2, 0.25) is 0 Å². The van der Waals surface area contributed by atoms with Crippen LogP contribution < -0.4 is 0 Å². The summed E-state index contributed by atoms with van der Waals surface area (Å²) in [7, 11) is 1.87. The fourth-order valence-electron chi connectivity index (χ4n) is 2.22. The van der Waals surface area contributed by atoms with Gasteiger partial charge in [0.1, 0.15) is 5.69 Å². The summed E-state index contributed by atoms with van der Waals surface area (Å²) in [6.07, 6.45) is 3.68. The third-order valence-electron chi connectivity index (χ3n) is 3.35. The number of hydrogen-bond donors (Lipinski definition) is 1. The van der Waals surface area contributed by atoms with E-state index in [1.165, 1.54) is 0 Å². The lowest BCUT2D eigenvalue weighted by molar-refractivity contribution is 0.0641. The molecule has 1 fully saturated rings. The summed E-state index contributed by atoms with van der Waals surface area (Å²) >= 11 is 3.37. The normalized spacial score (nSPS) is 17.5. The monoisotopic (exact) mass is 300 g/mol. The highest BCUT2D eigenvalue weighted by atomic mass is 79.9. The Kier molecular flexibility index (Phi) is 3.89. The van der Waals surface area contributed by atoms with Crippen LogP contribution in [-0.4, -0.2) is 40.2 Å². The van der Waals surface area contributed by atoms with Crippen LogP contribution in [-0.2, 0) is 7.05 Å². The van der Waals surface area contributed by atoms with Crippen molar-refractivity contribution in [2.24, 2.45) is 13.0 Å². The number of aryl methyl sites for hydroxylation is 1. The molecule has 94 valence electrons. The van der Waals surface area contributed by atoms with Crippen molar-refractivity contribution < 1.29 is 9.90 Å². The lowest BCUT2D eigenvalue weighted by Gasteiger charge is -2.31. The molecule has 1 saturated heterocycles. The fraction of sp³-hybridized carbons (Fsp3) is 0.583. The van der Waals surface area contributed by atoms with Crippen molar-refractivity contribution in [2.75, 3.05) is 19.7 Å². The number of aliphatic hydroxyl groups is 1. The molecule has 0 unspecified atom stereocenters. The molecule has 1 aliphatic rings. The molecule has 1 N–H and O–H groups in total. The molecule has 1 amide bonds. The Morgan fingerprint density at radius 3 is 2.65 bits per heavy atom. The quantitative estimate of drug-likeness (QED) is 0.902. The first-order chi connectivity index (χ1) is 8.11. The Labute approximate surface area is 109 Å². The van der Waals surface area contributed by atoms with Gasteiger partial charge in [0.2, 0.25) is 0 Å². The molecular formula is C12H17BrN2O2. The zero-order chi connectivity index (χ0) is 12.4. The first-order valence-electron chi connectivity index (χ1n) is 5.84. The highest BCUT2D eigenvalue weighted by Gasteiger charge is 2.24. The van der Waals surface area contributed by atoms with Gasteiger partial charge >= 0.3 is 0 Å². The van der Waals surface area contributed by atoms with E-state index in [-0.39, 0.29) is 12.5 Å². The summed E-state index contributed by atoms with van der Waals surface area (Å²) < 4.78 is 2.76. The minimum atomic E-state index is 0.0783. The molecule has 1 aromatic heterocycles. The van der Waals surface area contributed by atoms with Crippen molar-refractivity contribution in [1.29, 1.82) is 0 Å². The molecule has 0 saturated carbocycles. The number of piperidine rings is 1. The van der Waals surface area contributed by atoms with E-state index in [1.54, 1.807) is 0 Å². The van der Waals surface area contributed by atoms with E-state index >= 15 is 0 Å². The molecule has 0 bridgehead atoms. The van der Waals surface area contributed by atoms with Crippen LogP contribution >= 0.6 is 15.9 Å². The van der Waals surface area contributed by atoms with Crippen LogP contribution in [0.4, 0.5) is 0 Å². The molecule has 0 radical (unpaired) electrons. The zero-order valence-corrected chi connectivity index (χ0v) is 11.5. The lowest BCUT2D eigenvalue weighted by Crippen LogP contribution is -2.39. The van der Waals surface area contributed by atoms with Crippen LogP contribution in [0, 0.1) is 5.92 Å². The van der Waals surface area contributed by atoms with E-state index in [9.17, 15) is 4.79 Å². The second kappa shape index (κ2) is 5.23. The van der Waals surface area contributed by atoms with Crippen LogP contribution in [0.3, 0.4) is 0 Å². The maximum absolute atomic E-state index is 12.3. The van der Waals surface area contributed by atoms with Crippen molar-refractivity contribution in [3.8, 4) is 0 Å². The van der Waals surface area contributed by atoms with Gasteiger partial charge in [0.05, 0.1) is 0 Å². The van der Waals surface area contributed by atoms with E-state index in [0.29, 0.717) is 11.6 Å². The number of aromatic nitrogens is 1. The van der Waals surface area contributed by atoms with Crippen molar-refractivity contribution in [1.82, 2.24) is 9.47 Å². The predicted octanol–water partition coefficient (Wildman–Crippen LogP) is 1.63. The average molecular weight is 301 g/mol. The number of rotatable bonds is 2. The van der Waals surface area contributed by atoms with E-state index in [4.69, 9.17) is 5.11 Å². The maximum atomic E-state index is 12.3. The van der Waals surface area contributed by atoms with E-state index in [1.807, 2.05) is 28.8 Å². The Balaban J connectivity index is 2.04. The first-order valence-corrected chi connectivity index (χ1v) is 6.63. The smallest absolute Gasteiger partial charge is 0.270 e. The molecular weight excluding hydrogens is 284 g/mol. The van der Waals surface area contributed by atoms with Gasteiger partial charge in [-0.05, 0) is 40.8 Å². The van der Waals surface area contributed by atoms with Gasteiger partial charge < -0.3 is 14.6 Å². The maximum Gasteiger partial charge on any atom is 0.270 e. The molecule has 17 heavy (non-hydrogen) atoms. The predicted molar refractivity (Wildman–Crippen MR) is 68.8 cm³/mol.